The average Bonchev–Trinajstić information content (AvgIpc) is 2.46. The van der Waals surface area contributed by atoms with E-state index in [2.05, 4.69) is 5.92 Å². The summed E-state index contributed by atoms with van der Waals surface area (Å²) >= 11 is 1.25. The molecule has 0 saturated heterocycles. The van der Waals surface area contributed by atoms with Gasteiger partial charge in [0.15, 0.2) is 6.29 Å². The van der Waals surface area contributed by atoms with E-state index in [0.717, 1.165) is 6.29 Å². The van der Waals surface area contributed by atoms with Crippen LogP contribution >= 0.6 is 11.3 Å². The first-order chi connectivity index (χ1) is 5.31. The van der Waals surface area contributed by atoms with E-state index in [9.17, 15) is 4.79 Å². The molecule has 0 amide bonds. The summed E-state index contributed by atoms with van der Waals surface area (Å²) in [5.41, 5.74) is 0. The molecule has 0 aliphatic heterocycles. The molecular weight excluding hydrogens is 160 g/mol. The van der Waals surface area contributed by atoms with Gasteiger partial charge in [-0.15, -0.1) is 17.8 Å². The molecule has 3 heteroatoms. The molecule has 1 aromatic rings. The van der Waals surface area contributed by atoms with Crippen molar-refractivity contribution in [2.75, 3.05) is 7.11 Å². The molecular formula is C8H6O2S. The predicted molar refractivity (Wildman–Crippen MR) is 44.2 cm³/mol. The third kappa shape index (κ3) is 1.41. The van der Waals surface area contributed by atoms with Crippen molar-refractivity contribution in [2.24, 2.45) is 0 Å². The highest BCUT2D eigenvalue weighted by molar-refractivity contribution is 7.14. The van der Waals surface area contributed by atoms with Gasteiger partial charge in [-0.3, -0.25) is 4.79 Å². The normalized spacial score (nSPS) is 8.73. The quantitative estimate of drug-likeness (QED) is 0.492. The first-order valence-electron chi connectivity index (χ1n) is 2.91. The van der Waals surface area contributed by atoms with Crippen molar-refractivity contribution in [2.45, 2.75) is 0 Å². The minimum Gasteiger partial charge on any atom is -0.495 e. The van der Waals surface area contributed by atoms with E-state index in [4.69, 9.17) is 11.2 Å². The molecule has 0 aliphatic rings. The van der Waals surface area contributed by atoms with Crippen LogP contribution in [-0.2, 0) is 0 Å². The van der Waals surface area contributed by atoms with Gasteiger partial charge in [0.2, 0.25) is 0 Å². The van der Waals surface area contributed by atoms with Gasteiger partial charge in [-0.2, -0.15) is 0 Å². The number of aldehydes is 1. The number of hydrogen-bond acceptors (Lipinski definition) is 3. The molecule has 56 valence electrons. The van der Waals surface area contributed by atoms with Crippen LogP contribution in [0, 0.1) is 12.3 Å². The van der Waals surface area contributed by atoms with E-state index in [1.807, 2.05) is 0 Å². The average molecular weight is 166 g/mol. The first-order valence-corrected chi connectivity index (χ1v) is 3.73. The number of hydrogen-bond donors (Lipinski definition) is 0. The van der Waals surface area contributed by atoms with E-state index < -0.39 is 0 Å². The third-order valence-electron chi connectivity index (χ3n) is 1.19. The second kappa shape index (κ2) is 3.22. The zero-order valence-electron chi connectivity index (χ0n) is 5.96. The number of thiophene rings is 1. The SMILES string of the molecule is C#Cc1cc(OC)c(C=O)s1. The minimum atomic E-state index is 0.542. The molecule has 0 fully saturated rings. The van der Waals surface area contributed by atoms with Gasteiger partial charge in [-0.05, 0) is 0 Å². The van der Waals surface area contributed by atoms with Crippen molar-refractivity contribution in [1.82, 2.24) is 0 Å². The molecule has 0 atom stereocenters. The van der Waals surface area contributed by atoms with E-state index in [-0.39, 0.29) is 0 Å². The molecule has 0 N–H and O–H groups in total. The van der Waals surface area contributed by atoms with Crippen LogP contribution in [-0.4, -0.2) is 13.4 Å². The van der Waals surface area contributed by atoms with E-state index in [0.29, 0.717) is 15.5 Å². The number of methoxy groups -OCH3 is 1. The summed E-state index contributed by atoms with van der Waals surface area (Å²) in [4.78, 5) is 11.6. The van der Waals surface area contributed by atoms with Crippen molar-refractivity contribution < 1.29 is 9.53 Å². The summed E-state index contributed by atoms with van der Waals surface area (Å²) in [5.74, 6) is 2.99. The summed E-state index contributed by atoms with van der Waals surface area (Å²) in [6.07, 6.45) is 5.87. The molecule has 0 aromatic carbocycles. The smallest absolute Gasteiger partial charge is 0.163 e. The van der Waals surface area contributed by atoms with Crippen LogP contribution in [0.2, 0.25) is 0 Å². The van der Waals surface area contributed by atoms with Crippen molar-refractivity contribution in [3.8, 4) is 18.1 Å². The van der Waals surface area contributed by atoms with Gasteiger partial charge in [-0.1, -0.05) is 5.92 Å². The van der Waals surface area contributed by atoms with Gasteiger partial charge in [0.25, 0.3) is 0 Å². The van der Waals surface area contributed by atoms with Crippen molar-refractivity contribution >= 4 is 17.6 Å². The molecule has 0 bridgehead atoms. The van der Waals surface area contributed by atoms with E-state index in [1.165, 1.54) is 18.4 Å². The fourth-order valence-electron chi connectivity index (χ4n) is 0.701. The summed E-state index contributed by atoms with van der Waals surface area (Å²) in [6.45, 7) is 0. The Balaban J connectivity index is 3.14. The van der Waals surface area contributed by atoms with Crippen LogP contribution in [0.1, 0.15) is 14.5 Å². The minimum absolute atomic E-state index is 0.542. The van der Waals surface area contributed by atoms with Crippen molar-refractivity contribution in [1.29, 1.82) is 0 Å². The molecule has 0 spiro atoms. The summed E-state index contributed by atoms with van der Waals surface area (Å²) in [7, 11) is 1.51. The zero-order chi connectivity index (χ0) is 8.27. The standard InChI is InChI=1S/C8H6O2S/c1-3-6-4-7(10-2)8(5-9)11-6/h1,4-5H,2H3. The topological polar surface area (TPSA) is 26.3 Å². The van der Waals surface area contributed by atoms with Crippen LogP contribution in [0.15, 0.2) is 6.07 Å². The van der Waals surface area contributed by atoms with Gasteiger partial charge in [0.05, 0.1) is 12.0 Å². The maximum Gasteiger partial charge on any atom is 0.163 e. The summed E-state index contributed by atoms with van der Waals surface area (Å²) in [5, 5.41) is 0. The monoisotopic (exact) mass is 166 g/mol. The number of terminal acetylenes is 1. The van der Waals surface area contributed by atoms with Gasteiger partial charge in [-0.25, -0.2) is 0 Å². The summed E-state index contributed by atoms with van der Waals surface area (Å²) < 4.78 is 4.90. The van der Waals surface area contributed by atoms with E-state index >= 15 is 0 Å². The Morgan fingerprint density at radius 1 is 1.82 bits per heavy atom. The van der Waals surface area contributed by atoms with Gasteiger partial charge in [0, 0.05) is 6.07 Å². The lowest BCUT2D eigenvalue weighted by Crippen LogP contribution is -1.82. The Labute approximate surface area is 68.8 Å². The Morgan fingerprint density at radius 2 is 2.55 bits per heavy atom. The molecule has 1 aromatic heterocycles. The molecule has 0 saturated carbocycles. The Bertz CT molecular complexity index is 306. The molecule has 0 unspecified atom stereocenters. The Kier molecular flexibility index (Phi) is 2.29. The fraction of sp³-hybridized carbons (Fsp3) is 0.125. The van der Waals surface area contributed by atoms with Crippen LogP contribution in [0.25, 0.3) is 0 Å². The maximum atomic E-state index is 10.4. The molecule has 0 aliphatic carbocycles. The van der Waals surface area contributed by atoms with Crippen LogP contribution in [0.4, 0.5) is 0 Å². The van der Waals surface area contributed by atoms with Gasteiger partial charge in [0.1, 0.15) is 10.6 Å². The van der Waals surface area contributed by atoms with E-state index in [1.54, 1.807) is 6.07 Å². The number of carbonyl (C=O) groups excluding carboxylic acids is 1. The number of ether oxygens (including phenoxy) is 1. The third-order valence-corrected chi connectivity index (χ3v) is 2.17. The maximum absolute atomic E-state index is 10.4. The van der Waals surface area contributed by atoms with Gasteiger partial charge < -0.3 is 4.74 Å². The molecule has 2 nitrogen and oxygen atoms in total. The van der Waals surface area contributed by atoms with Crippen molar-refractivity contribution in [3.63, 3.8) is 0 Å². The number of rotatable bonds is 2. The van der Waals surface area contributed by atoms with Crippen molar-refractivity contribution in [3.05, 3.63) is 15.8 Å². The molecule has 11 heavy (non-hydrogen) atoms. The molecule has 0 radical (unpaired) electrons. The highest BCUT2D eigenvalue weighted by Crippen LogP contribution is 2.26. The Hall–Kier alpha value is -1.27. The summed E-state index contributed by atoms with van der Waals surface area (Å²) in [6, 6.07) is 1.68. The lowest BCUT2D eigenvalue weighted by atomic mass is 10.4. The zero-order valence-corrected chi connectivity index (χ0v) is 6.77. The predicted octanol–water partition coefficient (Wildman–Crippen LogP) is 1.55. The lowest BCUT2D eigenvalue weighted by Gasteiger charge is -1.91. The lowest BCUT2D eigenvalue weighted by molar-refractivity contribution is 0.112. The van der Waals surface area contributed by atoms with Crippen LogP contribution < -0.4 is 4.74 Å². The Morgan fingerprint density at radius 3 is 2.91 bits per heavy atom. The molecule has 1 heterocycles. The highest BCUT2D eigenvalue weighted by Gasteiger charge is 2.05. The second-order valence-electron chi connectivity index (χ2n) is 1.81. The fourth-order valence-corrected chi connectivity index (χ4v) is 1.45. The van der Waals surface area contributed by atoms with Crippen LogP contribution in [0.3, 0.4) is 0 Å². The highest BCUT2D eigenvalue weighted by atomic mass is 32.1. The van der Waals surface area contributed by atoms with Crippen LogP contribution in [0.5, 0.6) is 5.75 Å². The second-order valence-corrected chi connectivity index (χ2v) is 2.89. The largest absolute Gasteiger partial charge is 0.495 e. The first kappa shape index (κ1) is 7.83. The van der Waals surface area contributed by atoms with Gasteiger partial charge >= 0.3 is 0 Å². The molecule has 1 rings (SSSR count). The number of carbonyl (C=O) groups is 1.